The molecule has 7 rings (SSSR count). The Balaban J connectivity index is 1.32. The maximum atomic E-state index is 13.6. The molecule has 0 unspecified atom stereocenters. The number of carbonyl (C=O) groups excluding carboxylic acids is 1. The fourth-order valence-corrected chi connectivity index (χ4v) is 6.44. The summed E-state index contributed by atoms with van der Waals surface area (Å²) >= 11 is 0. The van der Waals surface area contributed by atoms with Crippen LogP contribution in [0, 0.1) is 17.8 Å². The van der Waals surface area contributed by atoms with Crippen LogP contribution in [0.25, 0.3) is 5.65 Å². The Bertz CT molecular complexity index is 929. The first-order valence-electron chi connectivity index (χ1n) is 10.5. The Morgan fingerprint density at radius 1 is 1.11 bits per heavy atom. The molecular formula is C21H24F2N4O. The van der Waals surface area contributed by atoms with Crippen molar-refractivity contribution >= 4 is 11.6 Å². The minimum atomic E-state index is -2.65. The van der Waals surface area contributed by atoms with Gasteiger partial charge in [0, 0.05) is 23.2 Å². The lowest BCUT2D eigenvalue weighted by Crippen LogP contribution is -2.59. The van der Waals surface area contributed by atoms with Crippen LogP contribution < -0.4 is 5.32 Å². The van der Waals surface area contributed by atoms with Gasteiger partial charge in [-0.05, 0) is 75.2 Å². The van der Waals surface area contributed by atoms with Crippen molar-refractivity contribution in [2.45, 2.75) is 69.2 Å². The molecule has 4 bridgehead atoms. The number of carbonyl (C=O) groups is 1. The van der Waals surface area contributed by atoms with Gasteiger partial charge >= 0.3 is 0 Å². The smallest absolute Gasteiger partial charge is 0.280 e. The fourth-order valence-electron chi connectivity index (χ4n) is 6.44. The Morgan fingerprint density at radius 2 is 1.75 bits per heavy atom. The zero-order valence-electron chi connectivity index (χ0n) is 15.7. The molecule has 0 saturated heterocycles. The zero-order valence-corrected chi connectivity index (χ0v) is 15.7. The summed E-state index contributed by atoms with van der Waals surface area (Å²) < 4.78 is 28.3. The third kappa shape index (κ3) is 2.65. The molecule has 5 aliphatic rings. The summed E-state index contributed by atoms with van der Waals surface area (Å²) in [5.41, 5.74) is 0.921. The van der Waals surface area contributed by atoms with Crippen LogP contribution in [0.3, 0.4) is 0 Å². The van der Waals surface area contributed by atoms with Gasteiger partial charge in [0.2, 0.25) is 0 Å². The third-order valence-electron chi connectivity index (χ3n) is 7.34. The average molecular weight is 386 g/mol. The minimum absolute atomic E-state index is 0.125. The number of nitrogens with one attached hydrogen (secondary N) is 1. The van der Waals surface area contributed by atoms with Crippen LogP contribution in [-0.4, -0.2) is 26.0 Å². The molecule has 2 aromatic heterocycles. The molecule has 148 valence electrons. The second-order valence-corrected chi connectivity index (χ2v) is 9.63. The van der Waals surface area contributed by atoms with E-state index in [0.29, 0.717) is 11.3 Å². The summed E-state index contributed by atoms with van der Waals surface area (Å²) in [5.74, 6) is 2.19. The molecule has 2 aromatic rings. The number of amides is 1. The van der Waals surface area contributed by atoms with Gasteiger partial charge in [0.25, 0.3) is 12.3 Å². The zero-order chi connectivity index (χ0) is 19.0. The highest BCUT2D eigenvalue weighted by molar-refractivity contribution is 5.93. The number of hydrogen-bond donors (Lipinski definition) is 1. The summed E-state index contributed by atoms with van der Waals surface area (Å²) in [5, 5.41) is 7.49. The van der Waals surface area contributed by atoms with Crippen molar-refractivity contribution in [3.63, 3.8) is 0 Å². The van der Waals surface area contributed by atoms with Crippen molar-refractivity contribution in [3.8, 4) is 0 Å². The van der Waals surface area contributed by atoms with Crippen LogP contribution in [-0.2, 0) is 0 Å². The Labute approximate surface area is 161 Å². The maximum absolute atomic E-state index is 13.6. The topological polar surface area (TPSA) is 59.3 Å². The Morgan fingerprint density at radius 3 is 2.32 bits per heavy atom. The number of halogens is 2. The second-order valence-electron chi connectivity index (χ2n) is 9.63. The van der Waals surface area contributed by atoms with Gasteiger partial charge in [-0.15, -0.1) is 0 Å². The predicted molar refractivity (Wildman–Crippen MR) is 98.3 cm³/mol. The van der Waals surface area contributed by atoms with E-state index in [2.05, 4.69) is 15.4 Å². The Kier molecular flexibility index (Phi) is 3.45. The first-order valence-corrected chi connectivity index (χ1v) is 10.5. The molecule has 5 fully saturated rings. The van der Waals surface area contributed by atoms with Gasteiger partial charge in [-0.25, -0.2) is 18.3 Å². The summed E-state index contributed by atoms with van der Waals surface area (Å²) in [7, 11) is 0. The third-order valence-corrected chi connectivity index (χ3v) is 7.34. The van der Waals surface area contributed by atoms with E-state index in [4.69, 9.17) is 0 Å². The van der Waals surface area contributed by atoms with Gasteiger partial charge in [0.05, 0.1) is 0 Å². The first-order chi connectivity index (χ1) is 13.5. The number of nitrogens with zero attached hydrogens (tertiary/aromatic N) is 3. The minimum Gasteiger partial charge on any atom is -0.345 e. The molecule has 5 nitrogen and oxygen atoms in total. The fraction of sp³-hybridized carbons (Fsp3) is 0.667. The summed E-state index contributed by atoms with van der Waals surface area (Å²) in [4.78, 5) is 17.5. The highest BCUT2D eigenvalue weighted by Crippen LogP contribution is 2.55. The predicted octanol–water partition coefficient (Wildman–Crippen LogP) is 4.24. The van der Waals surface area contributed by atoms with Crippen LogP contribution in [0.4, 0.5) is 8.78 Å². The van der Waals surface area contributed by atoms with E-state index in [9.17, 15) is 13.6 Å². The molecule has 0 radical (unpaired) electrons. The van der Waals surface area contributed by atoms with Crippen molar-refractivity contribution in [1.82, 2.24) is 19.9 Å². The van der Waals surface area contributed by atoms with Crippen molar-refractivity contribution in [2.24, 2.45) is 17.8 Å². The molecule has 0 atom stereocenters. The highest BCUT2D eigenvalue weighted by atomic mass is 19.3. The molecule has 5 aliphatic carbocycles. The van der Waals surface area contributed by atoms with Gasteiger partial charge in [0.1, 0.15) is 5.69 Å². The number of alkyl halides is 2. The number of rotatable bonds is 4. The van der Waals surface area contributed by atoms with Crippen LogP contribution in [0.15, 0.2) is 12.1 Å². The van der Waals surface area contributed by atoms with Crippen LogP contribution >= 0.6 is 0 Å². The lowest BCUT2D eigenvalue weighted by molar-refractivity contribution is -0.0168. The van der Waals surface area contributed by atoms with Gasteiger partial charge in [-0.2, -0.15) is 5.10 Å². The van der Waals surface area contributed by atoms with Crippen molar-refractivity contribution in [3.05, 3.63) is 29.2 Å². The molecule has 28 heavy (non-hydrogen) atoms. The van der Waals surface area contributed by atoms with Crippen molar-refractivity contribution in [1.29, 1.82) is 0 Å². The maximum Gasteiger partial charge on any atom is 0.280 e. The van der Waals surface area contributed by atoms with Gasteiger partial charge < -0.3 is 5.32 Å². The van der Waals surface area contributed by atoms with Gasteiger partial charge in [0.15, 0.2) is 11.3 Å². The molecule has 0 spiro atoms. The van der Waals surface area contributed by atoms with E-state index >= 15 is 0 Å². The van der Waals surface area contributed by atoms with E-state index in [1.54, 1.807) is 6.07 Å². The standard InChI is InChI=1S/C21H24F2N4O/c22-19(23)17-6-15(14-1-2-14)24-18-7-16(26-27(17)18)20(28)25-21-8-11-3-12(9-21)5-13(4-11)10-21/h6-7,11-14,19H,1-5,8-10H2,(H,25,28). The van der Waals surface area contributed by atoms with Crippen LogP contribution in [0.1, 0.15) is 85.6 Å². The van der Waals surface area contributed by atoms with Crippen molar-refractivity contribution < 1.29 is 13.6 Å². The van der Waals surface area contributed by atoms with Gasteiger partial charge in [-0.3, -0.25) is 4.79 Å². The second kappa shape index (κ2) is 5.74. The SMILES string of the molecule is O=C(NC12CC3CC(CC(C3)C1)C2)c1cc2nc(C3CC3)cc(C(F)F)n2n1. The van der Waals surface area contributed by atoms with E-state index in [1.807, 2.05) is 0 Å². The molecule has 1 amide bonds. The van der Waals surface area contributed by atoms with E-state index in [1.165, 1.54) is 25.3 Å². The van der Waals surface area contributed by atoms with Crippen LogP contribution in [0.5, 0.6) is 0 Å². The lowest BCUT2D eigenvalue weighted by atomic mass is 9.53. The molecule has 1 N–H and O–H groups in total. The molecule has 0 aromatic carbocycles. The summed E-state index contributed by atoms with van der Waals surface area (Å²) in [6.07, 6.45) is 6.36. The molecule has 0 aliphatic heterocycles. The monoisotopic (exact) mass is 386 g/mol. The quantitative estimate of drug-likeness (QED) is 0.855. The van der Waals surface area contributed by atoms with Gasteiger partial charge in [-0.1, -0.05) is 0 Å². The molecule has 2 heterocycles. The largest absolute Gasteiger partial charge is 0.345 e. The molecule has 7 heteroatoms. The highest BCUT2D eigenvalue weighted by Gasteiger charge is 2.51. The van der Waals surface area contributed by atoms with E-state index < -0.39 is 6.43 Å². The molecule has 5 saturated carbocycles. The number of hydrogen-bond acceptors (Lipinski definition) is 3. The summed E-state index contributed by atoms with van der Waals surface area (Å²) in [6.45, 7) is 0. The van der Waals surface area contributed by atoms with Crippen molar-refractivity contribution in [2.75, 3.05) is 0 Å². The van der Waals surface area contributed by atoms with Crippen LogP contribution in [0.2, 0.25) is 0 Å². The molecular weight excluding hydrogens is 362 g/mol. The normalized spacial score (nSPS) is 33.8. The van der Waals surface area contributed by atoms with E-state index in [-0.39, 0.29) is 28.8 Å². The summed E-state index contributed by atoms with van der Waals surface area (Å²) in [6, 6.07) is 3.01. The average Bonchev–Trinajstić information content (AvgIpc) is 3.37. The van der Waals surface area contributed by atoms with E-state index in [0.717, 1.165) is 54.4 Å². The first kappa shape index (κ1) is 16.9. The number of fused-ring (bicyclic) bond motifs is 1. The number of aromatic nitrogens is 3. The Hall–Kier alpha value is -2.05. The lowest BCUT2D eigenvalue weighted by Gasteiger charge is -2.56.